The van der Waals surface area contributed by atoms with Gasteiger partial charge in [-0.25, -0.2) is 22.7 Å². The minimum Gasteiger partial charge on any atom is -0.465 e. The first-order valence-corrected chi connectivity index (χ1v) is 8.52. The number of benzene rings is 1. The fraction of sp³-hybridized carbons (Fsp3) is 0.133. The number of carbonyl (C=O) groups excluding carboxylic acids is 1. The molecule has 3 aromatic rings. The number of esters is 1. The van der Waals surface area contributed by atoms with E-state index in [0.29, 0.717) is 5.52 Å². The Bertz CT molecular complexity index is 1220. The highest BCUT2D eigenvalue weighted by molar-refractivity contribution is 7.92. The van der Waals surface area contributed by atoms with Gasteiger partial charge in [0.1, 0.15) is 23.0 Å². The quantitative estimate of drug-likeness (QED) is 0.648. The van der Waals surface area contributed by atoms with E-state index in [9.17, 15) is 23.3 Å². The Hall–Kier alpha value is -3.52. The zero-order chi connectivity index (χ0) is 19.1. The summed E-state index contributed by atoms with van der Waals surface area (Å²) in [5.41, 5.74) is -0.0929. The van der Waals surface area contributed by atoms with Gasteiger partial charge in [-0.05, 0) is 19.1 Å². The van der Waals surface area contributed by atoms with E-state index in [2.05, 4.69) is 14.4 Å². The monoisotopic (exact) mass is 377 g/mol. The van der Waals surface area contributed by atoms with Crippen LogP contribution in [0.5, 0.6) is 0 Å². The average molecular weight is 377 g/mol. The van der Waals surface area contributed by atoms with Gasteiger partial charge in [-0.15, -0.1) is 0 Å². The Morgan fingerprint density at radius 3 is 2.73 bits per heavy atom. The first-order chi connectivity index (χ1) is 12.3. The number of methoxy groups -OCH3 is 1. The van der Waals surface area contributed by atoms with Gasteiger partial charge in [0.25, 0.3) is 10.0 Å². The van der Waals surface area contributed by atoms with Crippen LogP contribution >= 0.6 is 0 Å². The van der Waals surface area contributed by atoms with Gasteiger partial charge in [0.2, 0.25) is 5.88 Å². The Balaban J connectivity index is 2.05. The van der Waals surface area contributed by atoms with Crippen molar-refractivity contribution in [2.24, 2.45) is 0 Å². The van der Waals surface area contributed by atoms with Gasteiger partial charge >= 0.3 is 11.7 Å². The maximum atomic E-state index is 12.6. The molecule has 0 bridgehead atoms. The number of aryl methyl sites for hydroxylation is 1. The van der Waals surface area contributed by atoms with E-state index in [1.807, 2.05) is 0 Å². The summed E-state index contributed by atoms with van der Waals surface area (Å²) in [6, 6.07) is 5.45. The lowest BCUT2D eigenvalue weighted by molar-refractivity contribution is 0.0598. The van der Waals surface area contributed by atoms with Crippen LogP contribution in [0.3, 0.4) is 0 Å². The van der Waals surface area contributed by atoms with E-state index in [1.165, 1.54) is 19.1 Å². The van der Waals surface area contributed by atoms with Gasteiger partial charge in [-0.1, -0.05) is 0 Å². The van der Waals surface area contributed by atoms with E-state index in [4.69, 9.17) is 8.83 Å². The molecule has 2 aromatic heterocycles. The number of anilines is 1. The minimum atomic E-state index is -4.19. The number of oxazole rings is 1. The van der Waals surface area contributed by atoms with E-state index in [-0.39, 0.29) is 27.4 Å². The first-order valence-electron chi connectivity index (χ1n) is 7.04. The highest BCUT2D eigenvalue weighted by atomic mass is 32.2. The van der Waals surface area contributed by atoms with E-state index in [0.717, 1.165) is 13.2 Å². The Morgan fingerprint density at radius 2 is 2.08 bits per heavy atom. The number of rotatable bonds is 4. The van der Waals surface area contributed by atoms with Crippen LogP contribution in [-0.4, -0.2) is 26.5 Å². The molecule has 11 heteroatoms. The molecular formula is C15H11N3O7S. The maximum absolute atomic E-state index is 12.6. The molecule has 26 heavy (non-hydrogen) atoms. The lowest BCUT2D eigenvalue weighted by Gasteiger charge is -2.05. The largest absolute Gasteiger partial charge is 0.465 e. The second-order valence-corrected chi connectivity index (χ2v) is 6.80. The number of furan rings is 1. The van der Waals surface area contributed by atoms with Crippen molar-refractivity contribution in [3.8, 4) is 6.07 Å². The van der Waals surface area contributed by atoms with Crippen molar-refractivity contribution < 1.29 is 26.8 Å². The van der Waals surface area contributed by atoms with Crippen molar-refractivity contribution in [1.82, 2.24) is 4.98 Å². The molecule has 0 saturated carbocycles. The maximum Gasteiger partial charge on any atom is 0.417 e. The molecule has 0 radical (unpaired) electrons. The van der Waals surface area contributed by atoms with Crippen molar-refractivity contribution in [2.75, 3.05) is 11.8 Å². The second-order valence-electron chi connectivity index (χ2n) is 5.12. The molecule has 2 heterocycles. The van der Waals surface area contributed by atoms with Crippen LogP contribution in [0.15, 0.2) is 36.7 Å². The van der Waals surface area contributed by atoms with Crippen LogP contribution < -0.4 is 10.5 Å². The second kappa shape index (κ2) is 6.08. The standard InChI is InChI=1S/C15H11N3O7S/c1-7-12(14(19)23-2)9(6-16)13(24-7)18-26(21,22)8-3-4-10-11(5-8)25-15(20)17-10/h3-5,18H,1-2H3,(H,17,20). The Kier molecular flexibility index (Phi) is 4.05. The lowest BCUT2D eigenvalue weighted by Crippen LogP contribution is -2.13. The number of fused-ring (bicyclic) bond motifs is 1. The minimum absolute atomic E-state index is 0.0261. The molecule has 0 amide bonds. The number of carbonyl (C=O) groups is 1. The van der Waals surface area contributed by atoms with Gasteiger partial charge in [0.05, 0.1) is 17.5 Å². The zero-order valence-corrected chi connectivity index (χ0v) is 14.3. The summed E-state index contributed by atoms with van der Waals surface area (Å²) < 4.78 is 41.8. The summed E-state index contributed by atoms with van der Waals surface area (Å²) in [5, 5.41) is 9.26. The van der Waals surface area contributed by atoms with Crippen LogP contribution in [0.25, 0.3) is 11.1 Å². The highest BCUT2D eigenvalue weighted by Crippen LogP contribution is 2.29. The molecule has 0 atom stereocenters. The summed E-state index contributed by atoms with van der Waals surface area (Å²) >= 11 is 0. The topological polar surface area (TPSA) is 155 Å². The molecular weight excluding hydrogens is 366 g/mol. The van der Waals surface area contributed by atoms with Crippen molar-refractivity contribution >= 4 is 33.0 Å². The lowest BCUT2D eigenvalue weighted by atomic mass is 10.1. The number of hydrogen-bond acceptors (Lipinski definition) is 8. The average Bonchev–Trinajstić information content (AvgIpc) is 3.11. The number of nitrogens with one attached hydrogen (secondary N) is 2. The number of hydrogen-bond donors (Lipinski definition) is 2. The molecule has 0 saturated heterocycles. The van der Waals surface area contributed by atoms with Gasteiger partial charge < -0.3 is 13.6 Å². The number of H-pyrrole nitrogens is 1. The van der Waals surface area contributed by atoms with Crippen LogP contribution in [0, 0.1) is 18.3 Å². The SMILES string of the molecule is COC(=O)c1c(C)oc(NS(=O)(=O)c2ccc3[nH]c(=O)oc3c2)c1C#N. The van der Waals surface area contributed by atoms with Gasteiger partial charge in [-0.2, -0.15) is 5.26 Å². The summed E-state index contributed by atoms with van der Waals surface area (Å²) in [4.78, 5) is 25.1. The van der Waals surface area contributed by atoms with Crippen molar-refractivity contribution in [2.45, 2.75) is 11.8 Å². The van der Waals surface area contributed by atoms with E-state index < -0.39 is 27.6 Å². The van der Waals surface area contributed by atoms with Gasteiger partial charge in [0, 0.05) is 6.07 Å². The molecule has 0 aliphatic rings. The van der Waals surface area contributed by atoms with E-state index in [1.54, 1.807) is 6.07 Å². The molecule has 1 aromatic carbocycles. The normalized spacial score (nSPS) is 11.3. The molecule has 0 aliphatic heterocycles. The summed E-state index contributed by atoms with van der Waals surface area (Å²) in [7, 11) is -3.06. The van der Waals surface area contributed by atoms with Crippen molar-refractivity contribution in [1.29, 1.82) is 5.26 Å². The van der Waals surface area contributed by atoms with E-state index >= 15 is 0 Å². The number of aromatic amines is 1. The number of sulfonamides is 1. The molecule has 2 N–H and O–H groups in total. The van der Waals surface area contributed by atoms with Crippen LogP contribution in [-0.2, 0) is 14.8 Å². The number of aromatic nitrogens is 1. The van der Waals surface area contributed by atoms with Crippen LogP contribution in [0.2, 0.25) is 0 Å². The molecule has 0 aliphatic carbocycles. The highest BCUT2D eigenvalue weighted by Gasteiger charge is 2.27. The third-order valence-electron chi connectivity index (χ3n) is 3.52. The molecule has 3 rings (SSSR count). The zero-order valence-electron chi connectivity index (χ0n) is 13.4. The van der Waals surface area contributed by atoms with Gasteiger partial charge in [0.15, 0.2) is 5.58 Å². The molecule has 0 spiro atoms. The number of nitriles is 1. The first kappa shape index (κ1) is 17.3. The van der Waals surface area contributed by atoms with Crippen LogP contribution in [0.1, 0.15) is 21.7 Å². The summed E-state index contributed by atoms with van der Waals surface area (Å²) in [6.45, 7) is 1.39. The number of nitrogens with zero attached hydrogens (tertiary/aromatic N) is 1. The third-order valence-corrected chi connectivity index (χ3v) is 4.84. The van der Waals surface area contributed by atoms with Crippen molar-refractivity contribution in [3.63, 3.8) is 0 Å². The molecule has 10 nitrogen and oxygen atoms in total. The summed E-state index contributed by atoms with van der Waals surface area (Å²) in [6.07, 6.45) is 0. The predicted octanol–water partition coefficient (Wildman–Crippen LogP) is 1.48. The summed E-state index contributed by atoms with van der Waals surface area (Å²) in [5.74, 6) is -1.94. The smallest absolute Gasteiger partial charge is 0.417 e. The molecule has 134 valence electrons. The molecule has 0 unspecified atom stereocenters. The third kappa shape index (κ3) is 2.82. The Labute approximate surface area is 146 Å². The predicted molar refractivity (Wildman–Crippen MR) is 87.1 cm³/mol. The van der Waals surface area contributed by atoms with Crippen LogP contribution in [0.4, 0.5) is 5.88 Å². The number of ether oxygens (including phenoxy) is 1. The molecule has 0 fully saturated rings. The van der Waals surface area contributed by atoms with Gasteiger partial charge in [-0.3, -0.25) is 4.98 Å². The fourth-order valence-electron chi connectivity index (χ4n) is 2.34. The van der Waals surface area contributed by atoms with Crippen molar-refractivity contribution in [3.05, 3.63) is 45.6 Å². The Morgan fingerprint density at radius 1 is 1.35 bits per heavy atom. The fourth-order valence-corrected chi connectivity index (χ4v) is 3.36.